The van der Waals surface area contributed by atoms with Gasteiger partial charge in [0.25, 0.3) is 0 Å². The Kier molecular flexibility index (Phi) is 5.88. The van der Waals surface area contributed by atoms with E-state index in [-0.39, 0.29) is 5.56 Å². The van der Waals surface area contributed by atoms with Crippen molar-refractivity contribution >= 4 is 12.2 Å². The van der Waals surface area contributed by atoms with Crippen LogP contribution in [0.25, 0.3) is 17.8 Å². The summed E-state index contributed by atoms with van der Waals surface area (Å²) in [6, 6.07) is 4.92. The molecule has 0 saturated carbocycles. The van der Waals surface area contributed by atoms with E-state index in [1.165, 1.54) is 19.3 Å². The van der Waals surface area contributed by atoms with Crippen molar-refractivity contribution in [2.75, 3.05) is 7.11 Å². The van der Waals surface area contributed by atoms with Crippen LogP contribution in [0, 0.1) is 30.2 Å². The number of benzene rings is 2. The molecule has 0 amide bonds. The topological polar surface area (TPSA) is 57.8 Å². The van der Waals surface area contributed by atoms with Gasteiger partial charge in [-0.3, -0.25) is 0 Å². The highest BCUT2D eigenvalue weighted by atomic mass is 19.2. The molecule has 35 heavy (non-hydrogen) atoms. The van der Waals surface area contributed by atoms with Crippen LogP contribution < -0.4 is 4.74 Å². The summed E-state index contributed by atoms with van der Waals surface area (Å²) >= 11 is 0. The fraction of sp³-hybridized carbons (Fsp3) is 0.240. The first-order chi connectivity index (χ1) is 16.8. The summed E-state index contributed by atoms with van der Waals surface area (Å²) in [6.07, 6.45) is 7.75. The van der Waals surface area contributed by atoms with E-state index in [4.69, 9.17) is 4.74 Å². The van der Waals surface area contributed by atoms with Gasteiger partial charge < -0.3 is 9.30 Å². The van der Waals surface area contributed by atoms with Crippen molar-refractivity contribution in [3.8, 4) is 11.4 Å². The van der Waals surface area contributed by atoms with Crippen molar-refractivity contribution in [1.82, 2.24) is 24.3 Å². The predicted molar refractivity (Wildman–Crippen MR) is 121 cm³/mol. The van der Waals surface area contributed by atoms with Crippen LogP contribution in [0.15, 0.2) is 36.8 Å². The summed E-state index contributed by atoms with van der Waals surface area (Å²) in [4.78, 5) is 8.67. The second kappa shape index (κ2) is 9.01. The normalized spacial score (nSPS) is 15.5. The van der Waals surface area contributed by atoms with E-state index in [1.807, 2.05) is 6.92 Å². The largest absolute Gasteiger partial charge is 0.495 e. The average molecular weight is 483 g/mol. The lowest BCUT2D eigenvalue weighted by molar-refractivity contribution is 0.411. The Morgan fingerprint density at radius 1 is 1.03 bits per heavy atom. The standard InChI is InChI=1S/C25H21F4N5O/c1-14-12-33(13-30-14)21-11-18(26)15(10-22(21)35-2)5-6-23-31-25-17(4-3-7-34(25)32-23)16-8-19(27)24(29)20(28)9-16/h5-6,8-13,17H,3-4,7H2,1-2H3/t17-/m1/s1. The van der Waals surface area contributed by atoms with E-state index in [0.29, 0.717) is 48.0 Å². The average Bonchev–Trinajstić information content (AvgIpc) is 3.46. The number of aromatic nitrogens is 5. The second-order valence-corrected chi connectivity index (χ2v) is 8.35. The fourth-order valence-electron chi connectivity index (χ4n) is 4.30. The maximum absolute atomic E-state index is 14.9. The summed E-state index contributed by atoms with van der Waals surface area (Å²) < 4.78 is 64.7. The van der Waals surface area contributed by atoms with Crippen LogP contribution in [-0.2, 0) is 6.54 Å². The van der Waals surface area contributed by atoms with E-state index >= 15 is 0 Å². The predicted octanol–water partition coefficient (Wildman–Crippen LogP) is 5.43. The molecule has 10 heteroatoms. The van der Waals surface area contributed by atoms with Crippen molar-refractivity contribution in [3.63, 3.8) is 0 Å². The molecule has 180 valence electrons. The molecule has 5 rings (SSSR count). The molecule has 1 aliphatic heterocycles. The van der Waals surface area contributed by atoms with Gasteiger partial charge in [-0.2, -0.15) is 5.10 Å². The molecule has 1 atom stereocenters. The van der Waals surface area contributed by atoms with Gasteiger partial charge in [0.15, 0.2) is 23.3 Å². The van der Waals surface area contributed by atoms with Crippen molar-refractivity contribution in [1.29, 1.82) is 0 Å². The quantitative estimate of drug-likeness (QED) is 0.281. The Morgan fingerprint density at radius 2 is 1.80 bits per heavy atom. The van der Waals surface area contributed by atoms with Crippen molar-refractivity contribution in [3.05, 3.63) is 88.5 Å². The zero-order valence-corrected chi connectivity index (χ0v) is 19.0. The van der Waals surface area contributed by atoms with Gasteiger partial charge in [0, 0.05) is 30.3 Å². The molecule has 1 aliphatic rings. The minimum Gasteiger partial charge on any atom is -0.495 e. The fourth-order valence-corrected chi connectivity index (χ4v) is 4.30. The van der Waals surface area contributed by atoms with Gasteiger partial charge in [0.05, 0.1) is 24.8 Å². The number of imidazole rings is 1. The van der Waals surface area contributed by atoms with Gasteiger partial charge in [0.2, 0.25) is 0 Å². The minimum atomic E-state index is -1.50. The van der Waals surface area contributed by atoms with Gasteiger partial charge in [-0.1, -0.05) is 0 Å². The molecule has 0 spiro atoms. The van der Waals surface area contributed by atoms with E-state index in [2.05, 4.69) is 15.1 Å². The zero-order chi connectivity index (χ0) is 24.7. The zero-order valence-electron chi connectivity index (χ0n) is 19.0. The highest BCUT2D eigenvalue weighted by molar-refractivity contribution is 5.69. The number of hydrogen-bond acceptors (Lipinski definition) is 4. The Hall–Kier alpha value is -3.95. The van der Waals surface area contributed by atoms with Crippen LogP contribution in [0.2, 0.25) is 0 Å². The maximum atomic E-state index is 14.9. The van der Waals surface area contributed by atoms with Gasteiger partial charge in [-0.15, -0.1) is 0 Å². The number of ether oxygens (including phenoxy) is 1. The number of fused-ring (bicyclic) bond motifs is 1. The van der Waals surface area contributed by atoms with Gasteiger partial charge in [-0.25, -0.2) is 32.2 Å². The van der Waals surface area contributed by atoms with Crippen LogP contribution in [0.4, 0.5) is 17.6 Å². The van der Waals surface area contributed by atoms with Crippen LogP contribution >= 0.6 is 0 Å². The van der Waals surface area contributed by atoms with E-state index in [0.717, 1.165) is 17.8 Å². The molecule has 0 N–H and O–H groups in total. The van der Waals surface area contributed by atoms with Crippen molar-refractivity contribution in [2.24, 2.45) is 0 Å². The number of methoxy groups -OCH3 is 1. The molecule has 0 saturated heterocycles. The number of nitrogens with zero attached hydrogens (tertiary/aromatic N) is 5. The molecular formula is C25H21F4N5O. The summed E-state index contributed by atoms with van der Waals surface area (Å²) in [5.74, 6) is -3.58. The number of hydrogen-bond donors (Lipinski definition) is 0. The first-order valence-electron chi connectivity index (χ1n) is 11.0. The summed E-state index contributed by atoms with van der Waals surface area (Å²) in [5.41, 5.74) is 1.87. The summed E-state index contributed by atoms with van der Waals surface area (Å²) in [7, 11) is 1.50. The van der Waals surface area contributed by atoms with Gasteiger partial charge in [-0.05, 0) is 55.7 Å². The Bertz CT molecular complexity index is 1420. The van der Waals surface area contributed by atoms with E-state index in [1.54, 1.807) is 33.9 Å². The Labute approximate surface area is 198 Å². The molecule has 0 fully saturated rings. The Balaban J connectivity index is 1.45. The third-order valence-electron chi connectivity index (χ3n) is 6.00. The monoisotopic (exact) mass is 483 g/mol. The van der Waals surface area contributed by atoms with Crippen LogP contribution in [0.1, 0.15) is 47.2 Å². The van der Waals surface area contributed by atoms with Gasteiger partial charge in [0.1, 0.15) is 17.4 Å². The van der Waals surface area contributed by atoms with Gasteiger partial charge >= 0.3 is 0 Å². The molecule has 0 aliphatic carbocycles. The molecule has 0 radical (unpaired) electrons. The van der Waals surface area contributed by atoms with E-state index < -0.39 is 29.2 Å². The van der Waals surface area contributed by atoms with Crippen LogP contribution in [0.3, 0.4) is 0 Å². The highest BCUT2D eigenvalue weighted by Crippen LogP contribution is 2.34. The maximum Gasteiger partial charge on any atom is 0.194 e. The second-order valence-electron chi connectivity index (χ2n) is 8.35. The number of aryl methyl sites for hydroxylation is 2. The lowest BCUT2D eigenvalue weighted by Crippen LogP contribution is -2.18. The molecule has 0 bridgehead atoms. The van der Waals surface area contributed by atoms with Crippen molar-refractivity contribution in [2.45, 2.75) is 32.2 Å². The molecule has 2 aromatic carbocycles. The van der Waals surface area contributed by atoms with Crippen LogP contribution in [0.5, 0.6) is 5.75 Å². The third kappa shape index (κ3) is 4.31. The SMILES string of the molecule is COc1cc(C=Cc2nc3n(n2)CCC[C@@H]3c2cc(F)c(F)c(F)c2)c(F)cc1-n1cnc(C)c1. The molecule has 4 aromatic rings. The molecule has 3 heterocycles. The lowest BCUT2D eigenvalue weighted by atomic mass is 9.91. The summed E-state index contributed by atoms with van der Waals surface area (Å²) in [6.45, 7) is 2.42. The highest BCUT2D eigenvalue weighted by Gasteiger charge is 2.27. The lowest BCUT2D eigenvalue weighted by Gasteiger charge is -2.22. The summed E-state index contributed by atoms with van der Waals surface area (Å²) in [5, 5.41) is 4.44. The molecule has 6 nitrogen and oxygen atoms in total. The van der Waals surface area contributed by atoms with Crippen molar-refractivity contribution < 1.29 is 22.3 Å². The number of rotatable bonds is 5. The molecular weight excluding hydrogens is 462 g/mol. The minimum absolute atomic E-state index is 0.273. The smallest absolute Gasteiger partial charge is 0.194 e. The molecule has 2 aromatic heterocycles. The Morgan fingerprint density at radius 3 is 2.49 bits per heavy atom. The van der Waals surface area contributed by atoms with Crippen LogP contribution in [-0.4, -0.2) is 31.4 Å². The van der Waals surface area contributed by atoms with E-state index in [9.17, 15) is 17.6 Å². The third-order valence-corrected chi connectivity index (χ3v) is 6.00. The first-order valence-corrected chi connectivity index (χ1v) is 11.0. The first kappa shape index (κ1) is 22.8. The number of halogens is 4. The molecule has 0 unspecified atom stereocenters.